The van der Waals surface area contributed by atoms with Crippen LogP contribution in [0.1, 0.15) is 39.2 Å². The van der Waals surface area contributed by atoms with Gasteiger partial charge in [0.05, 0.1) is 17.2 Å². The topological polar surface area (TPSA) is 96.0 Å². The van der Waals surface area contributed by atoms with Crippen molar-refractivity contribution in [3.63, 3.8) is 0 Å². The molecule has 8 nitrogen and oxygen atoms in total. The summed E-state index contributed by atoms with van der Waals surface area (Å²) in [6, 6.07) is 19.0. The van der Waals surface area contributed by atoms with Gasteiger partial charge >= 0.3 is 0 Å². The number of benzene rings is 3. The Bertz CT molecular complexity index is 1350. The number of carbonyl (C=O) groups excluding carboxylic acids is 2. The summed E-state index contributed by atoms with van der Waals surface area (Å²) in [5.41, 5.74) is 0.898. The van der Waals surface area contributed by atoms with Gasteiger partial charge in [0.1, 0.15) is 24.2 Å². The molecule has 0 aromatic heterocycles. The minimum Gasteiger partial charge on any atom is -0.494 e. The molecule has 0 fully saturated rings. The molecule has 0 radical (unpaired) electrons. The molecule has 0 aliphatic rings. The highest BCUT2D eigenvalue weighted by Crippen LogP contribution is 2.26. The zero-order valence-corrected chi connectivity index (χ0v) is 23.9. The molecule has 10 heteroatoms. The van der Waals surface area contributed by atoms with Crippen LogP contribution in [0.25, 0.3) is 0 Å². The summed E-state index contributed by atoms with van der Waals surface area (Å²) in [5, 5.41) is 2.85. The van der Waals surface area contributed by atoms with E-state index in [0.717, 1.165) is 34.8 Å². The van der Waals surface area contributed by atoms with E-state index in [1.54, 1.807) is 6.92 Å². The number of halogens is 1. The highest BCUT2D eigenvalue weighted by Gasteiger charge is 2.32. The lowest BCUT2D eigenvalue weighted by molar-refractivity contribution is -0.139. The zero-order chi connectivity index (χ0) is 29.1. The normalized spacial score (nSPS) is 11.9. The number of hydrogen-bond donors (Lipinski definition) is 1. The molecule has 1 atom stereocenters. The van der Waals surface area contributed by atoms with Gasteiger partial charge < -0.3 is 15.0 Å². The van der Waals surface area contributed by atoms with E-state index < -0.39 is 34.3 Å². The Morgan fingerprint density at radius 3 is 2.20 bits per heavy atom. The fourth-order valence-electron chi connectivity index (χ4n) is 4.04. The first-order chi connectivity index (χ1) is 19.2. The molecule has 3 rings (SSSR count). The first-order valence-corrected chi connectivity index (χ1v) is 14.7. The molecule has 1 N–H and O–H groups in total. The van der Waals surface area contributed by atoms with Gasteiger partial charge in [-0.15, -0.1) is 0 Å². The predicted molar refractivity (Wildman–Crippen MR) is 153 cm³/mol. The molecule has 3 aromatic carbocycles. The number of nitrogens with zero attached hydrogens (tertiary/aromatic N) is 2. The summed E-state index contributed by atoms with van der Waals surface area (Å²) in [7, 11) is -4.26. The Hall–Kier alpha value is -3.92. The number of amides is 2. The maximum atomic E-state index is 13.8. The van der Waals surface area contributed by atoms with Crippen molar-refractivity contribution in [2.24, 2.45) is 0 Å². The Kier molecular flexibility index (Phi) is 11.1. The predicted octanol–water partition coefficient (Wildman–Crippen LogP) is 4.75. The fourth-order valence-corrected chi connectivity index (χ4v) is 5.45. The SMILES string of the molecule is CCCCNC(=O)[C@@H](C)N(Cc1ccccc1)C(=O)CN(c1ccc(F)cc1)S(=O)(=O)c1ccc(OCC)cc1. The van der Waals surface area contributed by atoms with Crippen LogP contribution in [0.5, 0.6) is 5.75 Å². The van der Waals surface area contributed by atoms with Gasteiger partial charge in [0.25, 0.3) is 10.0 Å². The fraction of sp³-hybridized carbons (Fsp3) is 0.333. The zero-order valence-electron chi connectivity index (χ0n) is 23.0. The Balaban J connectivity index is 1.97. The Morgan fingerprint density at radius 1 is 0.950 bits per heavy atom. The summed E-state index contributed by atoms with van der Waals surface area (Å²) >= 11 is 0. The highest BCUT2D eigenvalue weighted by atomic mass is 32.2. The number of carbonyl (C=O) groups is 2. The summed E-state index contributed by atoms with van der Waals surface area (Å²) in [4.78, 5) is 28.1. The molecule has 0 bridgehead atoms. The lowest BCUT2D eigenvalue weighted by Gasteiger charge is -2.32. The average molecular weight is 570 g/mol. The van der Waals surface area contributed by atoms with Gasteiger partial charge in [-0.25, -0.2) is 12.8 Å². The number of ether oxygens (including phenoxy) is 1. The van der Waals surface area contributed by atoms with Gasteiger partial charge in [0.15, 0.2) is 0 Å². The average Bonchev–Trinajstić information content (AvgIpc) is 2.95. The molecule has 0 spiro atoms. The highest BCUT2D eigenvalue weighted by molar-refractivity contribution is 7.92. The largest absolute Gasteiger partial charge is 0.494 e. The second-order valence-corrected chi connectivity index (χ2v) is 11.1. The molecular formula is C30H36FN3O5S. The van der Waals surface area contributed by atoms with Crippen molar-refractivity contribution >= 4 is 27.5 Å². The lowest BCUT2D eigenvalue weighted by atomic mass is 10.1. The van der Waals surface area contributed by atoms with Gasteiger partial charge in [-0.1, -0.05) is 43.7 Å². The summed E-state index contributed by atoms with van der Waals surface area (Å²) < 4.78 is 47.7. The van der Waals surface area contributed by atoms with Crippen LogP contribution in [0, 0.1) is 5.82 Å². The molecular weight excluding hydrogens is 533 g/mol. The van der Waals surface area contributed by atoms with E-state index in [1.165, 1.54) is 41.3 Å². The number of anilines is 1. The van der Waals surface area contributed by atoms with Crippen molar-refractivity contribution in [3.05, 3.63) is 90.2 Å². The van der Waals surface area contributed by atoms with E-state index in [2.05, 4.69) is 5.32 Å². The number of sulfonamides is 1. The van der Waals surface area contributed by atoms with Crippen LogP contribution in [0.4, 0.5) is 10.1 Å². The Morgan fingerprint density at radius 2 is 1.60 bits per heavy atom. The van der Waals surface area contributed by atoms with E-state index in [1.807, 2.05) is 44.2 Å². The molecule has 0 saturated carbocycles. The molecule has 0 heterocycles. The molecule has 0 aliphatic heterocycles. The molecule has 0 aliphatic carbocycles. The van der Waals surface area contributed by atoms with Crippen LogP contribution in [-0.4, -0.2) is 50.9 Å². The van der Waals surface area contributed by atoms with Gasteiger partial charge in [-0.3, -0.25) is 13.9 Å². The molecule has 0 unspecified atom stereocenters. The van der Waals surface area contributed by atoms with Crippen molar-refractivity contribution in [1.82, 2.24) is 10.2 Å². The Labute approximate surface area is 235 Å². The van der Waals surface area contributed by atoms with Gasteiger partial charge in [0, 0.05) is 13.1 Å². The molecule has 214 valence electrons. The number of rotatable bonds is 14. The van der Waals surface area contributed by atoms with E-state index in [0.29, 0.717) is 18.9 Å². The summed E-state index contributed by atoms with van der Waals surface area (Å²) in [6.45, 7) is 5.84. The van der Waals surface area contributed by atoms with Crippen molar-refractivity contribution in [1.29, 1.82) is 0 Å². The minimum absolute atomic E-state index is 0.0620. The quantitative estimate of drug-likeness (QED) is 0.283. The number of unbranched alkanes of at least 4 members (excludes halogenated alkanes) is 1. The number of hydrogen-bond acceptors (Lipinski definition) is 5. The van der Waals surface area contributed by atoms with Gasteiger partial charge in [-0.05, 0) is 74.4 Å². The molecule has 0 saturated heterocycles. The van der Waals surface area contributed by atoms with E-state index in [4.69, 9.17) is 4.74 Å². The third-order valence-electron chi connectivity index (χ3n) is 6.31. The molecule has 2 amide bonds. The van der Waals surface area contributed by atoms with Crippen molar-refractivity contribution < 1.29 is 27.1 Å². The summed E-state index contributed by atoms with van der Waals surface area (Å²) in [5.74, 6) is -0.958. The van der Waals surface area contributed by atoms with Crippen LogP contribution in [0.15, 0.2) is 83.8 Å². The lowest BCUT2D eigenvalue weighted by Crippen LogP contribution is -2.51. The van der Waals surface area contributed by atoms with Crippen LogP contribution in [-0.2, 0) is 26.2 Å². The van der Waals surface area contributed by atoms with Crippen LogP contribution >= 0.6 is 0 Å². The summed E-state index contributed by atoms with van der Waals surface area (Å²) in [6.07, 6.45) is 1.70. The third kappa shape index (κ3) is 8.05. The van der Waals surface area contributed by atoms with Crippen molar-refractivity contribution in [2.75, 3.05) is 24.0 Å². The standard InChI is InChI=1S/C30H36FN3O5S/c1-4-6-20-32-30(36)23(3)33(21-24-10-8-7-9-11-24)29(35)22-34(26-14-12-25(31)13-15-26)40(37,38)28-18-16-27(17-19-28)39-5-2/h7-19,23H,4-6,20-22H2,1-3H3,(H,32,36)/t23-/m1/s1. The molecule has 3 aromatic rings. The van der Waals surface area contributed by atoms with Crippen molar-refractivity contribution in [2.45, 2.75) is 51.1 Å². The van der Waals surface area contributed by atoms with Crippen LogP contribution in [0.2, 0.25) is 0 Å². The minimum atomic E-state index is -4.26. The number of nitrogens with one attached hydrogen (secondary N) is 1. The maximum absolute atomic E-state index is 13.8. The third-order valence-corrected chi connectivity index (χ3v) is 8.10. The second-order valence-electron chi connectivity index (χ2n) is 9.22. The maximum Gasteiger partial charge on any atom is 0.264 e. The van der Waals surface area contributed by atoms with Crippen molar-refractivity contribution in [3.8, 4) is 5.75 Å². The molecule has 40 heavy (non-hydrogen) atoms. The van der Waals surface area contributed by atoms with E-state index in [-0.39, 0.29) is 23.0 Å². The van der Waals surface area contributed by atoms with E-state index in [9.17, 15) is 22.4 Å². The monoisotopic (exact) mass is 569 g/mol. The first kappa shape index (κ1) is 30.6. The van der Waals surface area contributed by atoms with Gasteiger partial charge in [0.2, 0.25) is 11.8 Å². The van der Waals surface area contributed by atoms with Gasteiger partial charge in [-0.2, -0.15) is 0 Å². The van der Waals surface area contributed by atoms with Crippen LogP contribution < -0.4 is 14.4 Å². The van der Waals surface area contributed by atoms with E-state index >= 15 is 0 Å². The first-order valence-electron chi connectivity index (χ1n) is 13.3. The second kappa shape index (κ2) is 14.5. The van der Waals surface area contributed by atoms with Crippen LogP contribution in [0.3, 0.4) is 0 Å². The smallest absolute Gasteiger partial charge is 0.264 e.